The number of carbonyl (C=O) groups excluding carboxylic acids is 1. The predicted molar refractivity (Wildman–Crippen MR) is 83.5 cm³/mol. The summed E-state index contributed by atoms with van der Waals surface area (Å²) in [5.41, 5.74) is 0.988. The second kappa shape index (κ2) is 5.93. The molecule has 3 rings (SSSR count). The number of benzene rings is 1. The summed E-state index contributed by atoms with van der Waals surface area (Å²) in [6, 6.07) is 10.8. The number of aromatic nitrogens is 1. The Hall–Kier alpha value is -2.76. The van der Waals surface area contributed by atoms with Gasteiger partial charge >= 0.3 is 0 Å². The third kappa shape index (κ3) is 3.11. The van der Waals surface area contributed by atoms with E-state index in [-0.39, 0.29) is 18.7 Å². The molecule has 1 aliphatic heterocycles. The van der Waals surface area contributed by atoms with Gasteiger partial charge in [-0.25, -0.2) is 4.98 Å². The van der Waals surface area contributed by atoms with Crippen LogP contribution in [-0.4, -0.2) is 23.7 Å². The minimum absolute atomic E-state index is 0.206. The highest BCUT2D eigenvalue weighted by Crippen LogP contribution is 2.34. The van der Waals surface area contributed by atoms with E-state index in [1.165, 1.54) is 0 Å². The van der Waals surface area contributed by atoms with Gasteiger partial charge in [0.25, 0.3) is 5.91 Å². The van der Waals surface area contributed by atoms with E-state index in [0.717, 1.165) is 0 Å². The SMILES string of the molecule is CC(C)Nc1cccc(C(=O)Nc2ccc3c(c2)OCO3)n1. The molecule has 1 aromatic heterocycles. The van der Waals surface area contributed by atoms with E-state index in [2.05, 4.69) is 15.6 Å². The smallest absolute Gasteiger partial charge is 0.274 e. The minimum Gasteiger partial charge on any atom is -0.454 e. The Kier molecular flexibility index (Phi) is 3.82. The number of carbonyl (C=O) groups is 1. The summed E-state index contributed by atoms with van der Waals surface area (Å²) in [4.78, 5) is 16.6. The molecule has 0 unspecified atom stereocenters. The average molecular weight is 299 g/mol. The molecule has 2 N–H and O–H groups in total. The highest BCUT2D eigenvalue weighted by atomic mass is 16.7. The molecule has 0 fully saturated rings. The van der Waals surface area contributed by atoms with E-state index in [4.69, 9.17) is 9.47 Å². The van der Waals surface area contributed by atoms with Gasteiger partial charge < -0.3 is 20.1 Å². The lowest BCUT2D eigenvalue weighted by atomic mass is 10.2. The van der Waals surface area contributed by atoms with E-state index < -0.39 is 0 Å². The van der Waals surface area contributed by atoms with Crippen LogP contribution in [0.5, 0.6) is 11.5 Å². The molecule has 114 valence electrons. The molecule has 1 aliphatic rings. The van der Waals surface area contributed by atoms with Crippen LogP contribution in [0.25, 0.3) is 0 Å². The van der Waals surface area contributed by atoms with Gasteiger partial charge in [0, 0.05) is 17.8 Å². The van der Waals surface area contributed by atoms with Crippen LogP contribution in [-0.2, 0) is 0 Å². The molecule has 6 heteroatoms. The van der Waals surface area contributed by atoms with Gasteiger partial charge in [0.2, 0.25) is 6.79 Å². The molecule has 0 atom stereocenters. The lowest BCUT2D eigenvalue weighted by molar-refractivity contribution is 0.102. The normalized spacial score (nSPS) is 12.3. The lowest BCUT2D eigenvalue weighted by Gasteiger charge is -2.10. The molecule has 0 saturated heterocycles. The first-order chi connectivity index (χ1) is 10.6. The molecule has 2 heterocycles. The number of amides is 1. The number of fused-ring (bicyclic) bond motifs is 1. The molecular formula is C16H17N3O3. The summed E-state index contributed by atoms with van der Waals surface area (Å²) in [5, 5.41) is 5.97. The summed E-state index contributed by atoms with van der Waals surface area (Å²) in [6.45, 7) is 4.24. The number of hydrogen-bond donors (Lipinski definition) is 2. The van der Waals surface area contributed by atoms with Crippen molar-refractivity contribution in [2.45, 2.75) is 19.9 Å². The zero-order valence-corrected chi connectivity index (χ0v) is 12.4. The molecule has 0 aliphatic carbocycles. The Labute approximate surface area is 128 Å². The molecule has 0 spiro atoms. The van der Waals surface area contributed by atoms with Gasteiger partial charge in [0.1, 0.15) is 11.5 Å². The predicted octanol–water partition coefficient (Wildman–Crippen LogP) is 2.88. The fourth-order valence-electron chi connectivity index (χ4n) is 2.11. The van der Waals surface area contributed by atoms with Crippen molar-refractivity contribution in [2.24, 2.45) is 0 Å². The van der Waals surface area contributed by atoms with E-state index in [0.29, 0.717) is 28.7 Å². The monoisotopic (exact) mass is 299 g/mol. The topological polar surface area (TPSA) is 72.5 Å². The van der Waals surface area contributed by atoms with E-state index in [9.17, 15) is 4.79 Å². The van der Waals surface area contributed by atoms with Gasteiger partial charge in [-0.15, -0.1) is 0 Å². The molecule has 22 heavy (non-hydrogen) atoms. The quantitative estimate of drug-likeness (QED) is 0.908. The maximum Gasteiger partial charge on any atom is 0.274 e. The van der Waals surface area contributed by atoms with Gasteiger partial charge in [0.05, 0.1) is 0 Å². The van der Waals surface area contributed by atoms with Crippen LogP contribution in [0.3, 0.4) is 0 Å². The molecule has 0 saturated carbocycles. The van der Waals surface area contributed by atoms with Crippen LogP contribution >= 0.6 is 0 Å². The fraction of sp³-hybridized carbons (Fsp3) is 0.250. The maximum absolute atomic E-state index is 12.3. The third-order valence-corrected chi connectivity index (χ3v) is 3.05. The van der Waals surface area contributed by atoms with Crippen LogP contribution in [0.15, 0.2) is 36.4 Å². The number of anilines is 2. The Morgan fingerprint density at radius 3 is 2.82 bits per heavy atom. The summed E-state index contributed by atoms with van der Waals surface area (Å²) >= 11 is 0. The summed E-state index contributed by atoms with van der Waals surface area (Å²) in [5.74, 6) is 1.71. The molecule has 0 radical (unpaired) electrons. The van der Waals surface area contributed by atoms with E-state index >= 15 is 0 Å². The highest BCUT2D eigenvalue weighted by Gasteiger charge is 2.15. The van der Waals surface area contributed by atoms with E-state index in [1.54, 1.807) is 30.3 Å². The molecule has 2 aromatic rings. The van der Waals surface area contributed by atoms with Gasteiger partial charge in [-0.1, -0.05) is 6.07 Å². The number of nitrogens with one attached hydrogen (secondary N) is 2. The van der Waals surface area contributed by atoms with E-state index in [1.807, 2.05) is 19.9 Å². The lowest BCUT2D eigenvalue weighted by Crippen LogP contribution is -2.16. The third-order valence-electron chi connectivity index (χ3n) is 3.05. The zero-order valence-electron chi connectivity index (χ0n) is 12.4. The molecule has 1 amide bonds. The Morgan fingerprint density at radius 1 is 1.18 bits per heavy atom. The van der Waals surface area contributed by atoms with Crippen molar-refractivity contribution >= 4 is 17.4 Å². The van der Waals surface area contributed by atoms with Crippen molar-refractivity contribution in [1.82, 2.24) is 4.98 Å². The van der Waals surface area contributed by atoms with Crippen molar-refractivity contribution in [3.63, 3.8) is 0 Å². The van der Waals surface area contributed by atoms with Gasteiger partial charge in [-0.05, 0) is 38.1 Å². The largest absolute Gasteiger partial charge is 0.454 e. The van der Waals surface area contributed by atoms with Crippen molar-refractivity contribution < 1.29 is 14.3 Å². The fourth-order valence-corrected chi connectivity index (χ4v) is 2.11. The minimum atomic E-state index is -0.272. The first-order valence-corrected chi connectivity index (χ1v) is 7.06. The Morgan fingerprint density at radius 2 is 2.00 bits per heavy atom. The van der Waals surface area contributed by atoms with Crippen molar-refractivity contribution in [3.8, 4) is 11.5 Å². The average Bonchev–Trinajstić information content (AvgIpc) is 2.94. The summed E-state index contributed by atoms with van der Waals surface area (Å²) < 4.78 is 10.5. The second-order valence-corrected chi connectivity index (χ2v) is 5.23. The van der Waals surface area contributed by atoms with Crippen LogP contribution in [0.4, 0.5) is 11.5 Å². The second-order valence-electron chi connectivity index (χ2n) is 5.23. The van der Waals surface area contributed by atoms with Crippen LogP contribution in [0.2, 0.25) is 0 Å². The number of hydrogen-bond acceptors (Lipinski definition) is 5. The van der Waals surface area contributed by atoms with Crippen LogP contribution in [0, 0.1) is 0 Å². The first kappa shape index (κ1) is 14.2. The van der Waals surface area contributed by atoms with Crippen LogP contribution < -0.4 is 20.1 Å². The van der Waals surface area contributed by atoms with Gasteiger partial charge in [-0.2, -0.15) is 0 Å². The van der Waals surface area contributed by atoms with Crippen molar-refractivity contribution in [2.75, 3.05) is 17.4 Å². The summed E-state index contributed by atoms with van der Waals surface area (Å²) in [7, 11) is 0. The Bertz CT molecular complexity index is 701. The standard InChI is InChI=1S/C16H17N3O3/c1-10(2)17-15-5-3-4-12(19-15)16(20)18-11-6-7-13-14(8-11)22-9-21-13/h3-8,10H,9H2,1-2H3,(H,17,19)(H,18,20). The highest BCUT2D eigenvalue weighted by molar-refractivity contribution is 6.03. The van der Waals surface area contributed by atoms with Gasteiger partial charge in [0.15, 0.2) is 11.5 Å². The van der Waals surface area contributed by atoms with Crippen molar-refractivity contribution in [3.05, 3.63) is 42.1 Å². The number of rotatable bonds is 4. The Balaban J connectivity index is 1.74. The summed E-state index contributed by atoms with van der Waals surface area (Å²) in [6.07, 6.45) is 0. The van der Waals surface area contributed by atoms with Crippen LogP contribution in [0.1, 0.15) is 24.3 Å². The van der Waals surface area contributed by atoms with Crippen molar-refractivity contribution in [1.29, 1.82) is 0 Å². The molecule has 6 nitrogen and oxygen atoms in total. The first-order valence-electron chi connectivity index (χ1n) is 7.06. The number of pyridine rings is 1. The number of nitrogens with zero attached hydrogens (tertiary/aromatic N) is 1. The van der Waals surface area contributed by atoms with Gasteiger partial charge in [-0.3, -0.25) is 4.79 Å². The molecular weight excluding hydrogens is 282 g/mol. The molecule has 1 aromatic carbocycles. The maximum atomic E-state index is 12.3. The molecule has 0 bridgehead atoms. The zero-order chi connectivity index (χ0) is 15.5. The number of ether oxygens (including phenoxy) is 2.